The highest BCUT2D eigenvalue weighted by Crippen LogP contribution is 2.21. The molecule has 0 radical (unpaired) electrons. The fourth-order valence-electron chi connectivity index (χ4n) is 4.06. The highest BCUT2D eigenvalue weighted by Gasteiger charge is 2.25. The second-order valence-electron chi connectivity index (χ2n) is 7.50. The lowest BCUT2D eigenvalue weighted by Gasteiger charge is -2.36. The monoisotopic (exact) mass is 375 g/mol. The number of carbonyl (C=O) groups excluding carboxylic acids is 1. The van der Waals surface area contributed by atoms with Crippen molar-refractivity contribution in [1.82, 2.24) is 20.0 Å². The maximum atomic E-state index is 12.4. The molecule has 1 amide bonds. The van der Waals surface area contributed by atoms with Crippen LogP contribution in [0, 0.1) is 0 Å². The Kier molecular flexibility index (Phi) is 7.15. The summed E-state index contributed by atoms with van der Waals surface area (Å²) in [6.45, 7) is 4.85. The molecular formula is C20H33N5O2. The summed E-state index contributed by atoms with van der Waals surface area (Å²) in [6, 6.07) is 4.20. The molecule has 1 aromatic heterocycles. The second-order valence-corrected chi connectivity index (χ2v) is 7.50. The molecule has 150 valence electrons. The van der Waals surface area contributed by atoms with Crippen LogP contribution in [0.25, 0.3) is 0 Å². The van der Waals surface area contributed by atoms with Crippen molar-refractivity contribution >= 4 is 11.9 Å². The number of furan rings is 1. The Balaban J connectivity index is 1.40. The molecule has 0 unspecified atom stereocenters. The molecule has 7 nitrogen and oxygen atoms in total. The summed E-state index contributed by atoms with van der Waals surface area (Å²) in [6.07, 6.45) is 8.33. The topological polar surface area (TPSA) is 64.3 Å². The Morgan fingerprint density at radius 1 is 1.22 bits per heavy atom. The molecule has 1 saturated carbocycles. The van der Waals surface area contributed by atoms with Gasteiger partial charge in [0, 0.05) is 52.4 Å². The van der Waals surface area contributed by atoms with Gasteiger partial charge in [0.25, 0.3) is 5.91 Å². The predicted molar refractivity (Wildman–Crippen MR) is 107 cm³/mol. The summed E-state index contributed by atoms with van der Waals surface area (Å²) < 4.78 is 5.22. The van der Waals surface area contributed by atoms with E-state index in [0.717, 1.165) is 38.2 Å². The van der Waals surface area contributed by atoms with Gasteiger partial charge in [0.05, 0.1) is 6.26 Å². The van der Waals surface area contributed by atoms with E-state index < -0.39 is 0 Å². The van der Waals surface area contributed by atoms with Gasteiger partial charge >= 0.3 is 0 Å². The zero-order chi connectivity index (χ0) is 19.1. The van der Waals surface area contributed by atoms with Gasteiger partial charge in [0.2, 0.25) is 0 Å². The summed E-state index contributed by atoms with van der Waals surface area (Å²) >= 11 is 0. The fourth-order valence-corrected chi connectivity index (χ4v) is 4.06. The van der Waals surface area contributed by atoms with E-state index in [1.54, 1.807) is 18.4 Å². The van der Waals surface area contributed by atoms with Crippen molar-refractivity contribution in [2.75, 3.05) is 53.4 Å². The Morgan fingerprint density at radius 3 is 2.56 bits per heavy atom. The van der Waals surface area contributed by atoms with Gasteiger partial charge in [-0.2, -0.15) is 0 Å². The lowest BCUT2D eigenvalue weighted by molar-refractivity contribution is 0.0657. The third-order valence-corrected chi connectivity index (χ3v) is 5.76. The van der Waals surface area contributed by atoms with Crippen LogP contribution in [0.4, 0.5) is 0 Å². The van der Waals surface area contributed by atoms with Crippen LogP contribution in [0.3, 0.4) is 0 Å². The molecule has 27 heavy (non-hydrogen) atoms. The maximum absolute atomic E-state index is 12.4. The van der Waals surface area contributed by atoms with Crippen molar-refractivity contribution in [2.24, 2.45) is 4.99 Å². The second kappa shape index (κ2) is 9.78. The van der Waals surface area contributed by atoms with Crippen LogP contribution >= 0.6 is 0 Å². The van der Waals surface area contributed by atoms with Crippen LogP contribution in [0.1, 0.15) is 42.7 Å². The van der Waals surface area contributed by atoms with E-state index in [1.165, 1.54) is 32.1 Å². The number of nitrogens with zero attached hydrogens (tertiary/aromatic N) is 4. The van der Waals surface area contributed by atoms with E-state index in [4.69, 9.17) is 4.42 Å². The van der Waals surface area contributed by atoms with Gasteiger partial charge in [0.15, 0.2) is 11.7 Å². The highest BCUT2D eigenvalue weighted by atomic mass is 16.3. The third-order valence-electron chi connectivity index (χ3n) is 5.76. The minimum atomic E-state index is -0.0308. The molecule has 7 heteroatoms. The predicted octanol–water partition coefficient (Wildman–Crippen LogP) is 1.88. The lowest BCUT2D eigenvalue weighted by atomic mass is 9.94. The first-order valence-electron chi connectivity index (χ1n) is 10.2. The highest BCUT2D eigenvalue weighted by molar-refractivity contribution is 5.91. The first-order valence-corrected chi connectivity index (χ1v) is 10.2. The summed E-state index contributed by atoms with van der Waals surface area (Å²) in [5.41, 5.74) is 0. The van der Waals surface area contributed by atoms with E-state index in [-0.39, 0.29) is 5.91 Å². The van der Waals surface area contributed by atoms with Crippen molar-refractivity contribution in [3.8, 4) is 0 Å². The molecule has 3 rings (SSSR count). The Hall–Kier alpha value is -2.02. The number of likely N-dealkylation sites (N-methyl/N-ethyl adjacent to an activating group) is 1. The van der Waals surface area contributed by atoms with E-state index in [9.17, 15) is 4.79 Å². The van der Waals surface area contributed by atoms with Crippen LogP contribution in [-0.4, -0.2) is 86.0 Å². The molecule has 1 saturated heterocycles. The van der Waals surface area contributed by atoms with Crippen LogP contribution in [0.5, 0.6) is 0 Å². The van der Waals surface area contributed by atoms with E-state index in [1.807, 2.05) is 11.9 Å². The molecule has 2 fully saturated rings. The van der Waals surface area contributed by atoms with Crippen LogP contribution in [-0.2, 0) is 0 Å². The van der Waals surface area contributed by atoms with Gasteiger partial charge in [-0.15, -0.1) is 0 Å². The zero-order valence-electron chi connectivity index (χ0n) is 16.7. The first-order chi connectivity index (χ1) is 13.2. The molecular weight excluding hydrogens is 342 g/mol. The third kappa shape index (κ3) is 5.25. The summed E-state index contributed by atoms with van der Waals surface area (Å²) in [4.78, 5) is 23.4. The van der Waals surface area contributed by atoms with E-state index in [0.29, 0.717) is 18.8 Å². The molecule has 0 atom stereocenters. The molecule has 1 aliphatic heterocycles. The van der Waals surface area contributed by atoms with E-state index >= 15 is 0 Å². The van der Waals surface area contributed by atoms with Crippen LogP contribution in [0.15, 0.2) is 27.8 Å². The molecule has 0 aromatic carbocycles. The number of carbonyl (C=O) groups is 1. The number of hydrogen-bond donors (Lipinski definition) is 1. The minimum Gasteiger partial charge on any atom is -0.459 e. The fraction of sp³-hybridized carbons (Fsp3) is 0.700. The molecule has 2 heterocycles. The average molecular weight is 376 g/mol. The van der Waals surface area contributed by atoms with Gasteiger partial charge in [0.1, 0.15) is 0 Å². The summed E-state index contributed by atoms with van der Waals surface area (Å²) in [5.74, 6) is 1.31. The molecule has 0 spiro atoms. The van der Waals surface area contributed by atoms with Gasteiger partial charge < -0.3 is 24.4 Å². The zero-order valence-corrected chi connectivity index (χ0v) is 16.7. The van der Waals surface area contributed by atoms with Gasteiger partial charge in [-0.25, -0.2) is 0 Å². The number of nitrogens with one attached hydrogen (secondary N) is 1. The number of rotatable bonds is 5. The number of aliphatic imine (C=N–C) groups is 1. The number of amides is 1. The average Bonchev–Trinajstić information content (AvgIpc) is 3.26. The van der Waals surface area contributed by atoms with Gasteiger partial charge in [-0.1, -0.05) is 19.3 Å². The number of hydrogen-bond acceptors (Lipinski definition) is 4. The molecule has 1 N–H and O–H groups in total. The quantitative estimate of drug-likeness (QED) is 0.629. The number of piperazine rings is 1. The Bertz CT molecular complexity index is 602. The van der Waals surface area contributed by atoms with E-state index in [2.05, 4.69) is 27.2 Å². The van der Waals surface area contributed by atoms with Gasteiger partial charge in [-0.05, 0) is 32.0 Å². The summed E-state index contributed by atoms with van der Waals surface area (Å²) in [5, 5.41) is 3.49. The van der Waals surface area contributed by atoms with Crippen molar-refractivity contribution in [1.29, 1.82) is 0 Å². The molecule has 1 aliphatic carbocycles. The molecule has 0 bridgehead atoms. The summed E-state index contributed by atoms with van der Waals surface area (Å²) in [7, 11) is 4.06. The Morgan fingerprint density at radius 2 is 1.93 bits per heavy atom. The SMILES string of the molecule is CN=C(NCCN(C)C1CCCCC1)N1CCN(C(=O)c2ccco2)CC1. The molecule has 1 aromatic rings. The molecule has 2 aliphatic rings. The smallest absolute Gasteiger partial charge is 0.289 e. The van der Waals surface area contributed by atoms with Crippen molar-refractivity contribution < 1.29 is 9.21 Å². The van der Waals surface area contributed by atoms with Crippen molar-refractivity contribution in [2.45, 2.75) is 38.1 Å². The Labute approximate surface area is 162 Å². The van der Waals surface area contributed by atoms with Crippen LogP contribution in [0.2, 0.25) is 0 Å². The van der Waals surface area contributed by atoms with Crippen LogP contribution < -0.4 is 5.32 Å². The lowest BCUT2D eigenvalue weighted by Crippen LogP contribution is -2.54. The maximum Gasteiger partial charge on any atom is 0.289 e. The first kappa shape index (κ1) is 19.7. The van der Waals surface area contributed by atoms with Gasteiger partial charge in [-0.3, -0.25) is 9.79 Å². The standard InChI is InChI=1S/C20H33N5O2/c1-21-20(22-10-11-23(2)17-7-4-3-5-8-17)25-14-12-24(13-15-25)19(26)18-9-6-16-27-18/h6,9,16-17H,3-5,7-8,10-15H2,1-2H3,(H,21,22). The minimum absolute atomic E-state index is 0.0308. The van der Waals surface area contributed by atoms with Crippen molar-refractivity contribution in [3.05, 3.63) is 24.2 Å². The normalized spacial score (nSPS) is 19.6. The largest absolute Gasteiger partial charge is 0.459 e. The number of guanidine groups is 1. The van der Waals surface area contributed by atoms with Crippen molar-refractivity contribution in [3.63, 3.8) is 0 Å².